The molecule has 0 unspecified atom stereocenters. The van der Waals surface area contributed by atoms with Crippen LogP contribution in [-0.2, 0) is 6.18 Å². The van der Waals surface area contributed by atoms with Crippen molar-refractivity contribution >= 4 is 28.8 Å². The number of nitro groups is 3. The maximum absolute atomic E-state index is 13.0. The Hall–Kier alpha value is -3.10. The van der Waals surface area contributed by atoms with Crippen LogP contribution in [0, 0.1) is 36.5 Å². The first-order chi connectivity index (χ1) is 13.5. The minimum absolute atomic E-state index is 0.0313. The van der Waals surface area contributed by atoms with Crippen molar-refractivity contribution in [3.05, 3.63) is 59.3 Å². The van der Waals surface area contributed by atoms with E-state index < -0.39 is 43.6 Å². The number of nitro benzene ring substituents is 2. The standard InChI is InChI=1S/C14H13F3N5O6S/c1-29-12(8-20(23)24)18-2-4-19(5-3-18)13-10(21(25)26)6-9(14(15,16)17)7-11(13)22(27)28/h6-7H,2-5H2,1H3/q-1. The summed E-state index contributed by atoms with van der Waals surface area (Å²) >= 11 is 1.05. The quantitative estimate of drug-likeness (QED) is 0.285. The van der Waals surface area contributed by atoms with E-state index in [0.29, 0.717) is 0 Å². The molecular weight excluding hydrogens is 423 g/mol. The minimum Gasteiger partial charge on any atom is -0.389 e. The van der Waals surface area contributed by atoms with Crippen molar-refractivity contribution in [1.29, 1.82) is 0 Å². The lowest BCUT2D eigenvalue weighted by molar-refractivity contribution is -0.421. The van der Waals surface area contributed by atoms with Crippen LogP contribution in [-0.4, -0.2) is 52.1 Å². The molecule has 15 heteroatoms. The molecule has 2 rings (SSSR count). The van der Waals surface area contributed by atoms with E-state index in [2.05, 4.69) is 0 Å². The van der Waals surface area contributed by atoms with Gasteiger partial charge in [0.2, 0.25) is 0 Å². The molecule has 1 aromatic carbocycles. The van der Waals surface area contributed by atoms with E-state index in [0.717, 1.165) is 11.8 Å². The van der Waals surface area contributed by atoms with E-state index in [1.165, 1.54) is 4.90 Å². The van der Waals surface area contributed by atoms with Gasteiger partial charge in [0.05, 0.1) is 15.4 Å². The predicted molar refractivity (Wildman–Crippen MR) is 95.8 cm³/mol. The van der Waals surface area contributed by atoms with Gasteiger partial charge in [0.15, 0.2) is 5.69 Å². The highest BCUT2D eigenvalue weighted by Crippen LogP contribution is 2.43. The van der Waals surface area contributed by atoms with E-state index in [1.807, 2.05) is 6.20 Å². The third-order valence-corrected chi connectivity index (χ3v) is 4.79. The normalized spacial score (nSPS) is 15.4. The zero-order valence-electron chi connectivity index (χ0n) is 14.7. The first-order valence-corrected chi connectivity index (χ1v) is 9.04. The van der Waals surface area contributed by atoms with Crippen LogP contribution in [0.1, 0.15) is 5.56 Å². The van der Waals surface area contributed by atoms with Gasteiger partial charge >= 0.3 is 6.18 Å². The van der Waals surface area contributed by atoms with E-state index in [4.69, 9.17) is 0 Å². The number of benzene rings is 1. The van der Waals surface area contributed by atoms with Gasteiger partial charge in [0.1, 0.15) is 0 Å². The first-order valence-electron chi connectivity index (χ1n) is 7.81. The average Bonchev–Trinajstić information content (AvgIpc) is 2.64. The van der Waals surface area contributed by atoms with Crippen molar-refractivity contribution < 1.29 is 27.9 Å². The molecule has 11 nitrogen and oxygen atoms in total. The van der Waals surface area contributed by atoms with Gasteiger partial charge in [-0.1, -0.05) is 6.20 Å². The predicted octanol–water partition coefficient (Wildman–Crippen LogP) is 2.89. The highest BCUT2D eigenvalue weighted by Gasteiger charge is 2.39. The number of halogens is 3. The summed E-state index contributed by atoms with van der Waals surface area (Å²) in [6.07, 6.45) is -1.40. The number of hydrogen-bond acceptors (Lipinski definition) is 9. The molecule has 0 amide bonds. The molecule has 0 spiro atoms. The van der Waals surface area contributed by atoms with Gasteiger partial charge in [-0.25, -0.2) is 0 Å². The van der Waals surface area contributed by atoms with Crippen molar-refractivity contribution in [2.75, 3.05) is 37.3 Å². The van der Waals surface area contributed by atoms with Crippen LogP contribution >= 0.6 is 11.8 Å². The first kappa shape index (κ1) is 22.2. The number of piperazine rings is 1. The summed E-state index contributed by atoms with van der Waals surface area (Å²) in [5.41, 5.74) is -4.08. The Labute approximate surface area is 165 Å². The van der Waals surface area contributed by atoms with Crippen molar-refractivity contribution in [3.8, 4) is 0 Å². The molecule has 0 radical (unpaired) electrons. The van der Waals surface area contributed by atoms with Crippen LogP contribution in [0.4, 0.5) is 30.2 Å². The number of thioether (sulfide) groups is 1. The third-order valence-electron chi connectivity index (χ3n) is 4.05. The molecule has 1 fully saturated rings. The smallest absolute Gasteiger partial charge is 0.389 e. The Morgan fingerprint density at radius 3 is 1.86 bits per heavy atom. The summed E-state index contributed by atoms with van der Waals surface area (Å²) in [6.45, 7) is 0.145. The van der Waals surface area contributed by atoms with Gasteiger partial charge in [0, 0.05) is 38.3 Å². The number of alkyl halides is 3. The summed E-state index contributed by atoms with van der Waals surface area (Å²) in [5.74, 6) is 0. The van der Waals surface area contributed by atoms with Gasteiger partial charge in [0.25, 0.3) is 11.4 Å². The molecule has 1 heterocycles. The second kappa shape index (κ2) is 8.50. The van der Waals surface area contributed by atoms with Crippen molar-refractivity contribution in [3.63, 3.8) is 0 Å². The maximum Gasteiger partial charge on any atom is 0.416 e. The Bertz CT molecular complexity index is 835. The molecule has 1 aromatic rings. The Kier molecular flexibility index (Phi) is 6.51. The van der Waals surface area contributed by atoms with Gasteiger partial charge in [-0.3, -0.25) is 30.3 Å². The molecule has 158 valence electrons. The lowest BCUT2D eigenvalue weighted by atomic mass is 10.1. The van der Waals surface area contributed by atoms with Crippen molar-refractivity contribution in [2.45, 2.75) is 6.18 Å². The van der Waals surface area contributed by atoms with Crippen LogP contribution in [0.25, 0.3) is 0 Å². The van der Waals surface area contributed by atoms with Crippen molar-refractivity contribution in [1.82, 2.24) is 4.90 Å². The Morgan fingerprint density at radius 1 is 1.03 bits per heavy atom. The number of nitrogens with zero attached hydrogens (tertiary/aromatic N) is 5. The van der Waals surface area contributed by atoms with Gasteiger partial charge in [-0.15, -0.1) is 16.7 Å². The van der Waals surface area contributed by atoms with Crippen LogP contribution in [0.2, 0.25) is 0 Å². The third kappa shape index (κ3) is 5.04. The summed E-state index contributed by atoms with van der Waals surface area (Å²) in [4.78, 5) is 33.2. The summed E-state index contributed by atoms with van der Waals surface area (Å²) in [6, 6.07) is 0.533. The van der Waals surface area contributed by atoms with E-state index in [1.54, 1.807) is 11.2 Å². The summed E-state index contributed by atoms with van der Waals surface area (Å²) in [7, 11) is 0. The van der Waals surface area contributed by atoms with Crippen LogP contribution in [0.3, 0.4) is 0 Å². The van der Waals surface area contributed by atoms with Gasteiger partial charge < -0.3 is 9.80 Å². The minimum atomic E-state index is -5.00. The number of hydrogen-bond donors (Lipinski definition) is 0. The zero-order valence-corrected chi connectivity index (χ0v) is 15.5. The average molecular weight is 436 g/mol. The second-order valence-electron chi connectivity index (χ2n) is 5.73. The SMILES string of the molecule is CSC(=[C-][N+](=O)[O-])N1CCN(c2c([N+](=O)[O-])cc(C(F)(F)F)cc2[N+](=O)[O-])CC1. The molecule has 0 atom stereocenters. The second-order valence-corrected chi connectivity index (χ2v) is 6.52. The molecule has 0 bridgehead atoms. The molecular formula is C14H13F3N5O6S-. The van der Waals surface area contributed by atoms with Gasteiger partial charge in [-0.05, 0) is 11.3 Å². The van der Waals surface area contributed by atoms with Crippen LogP contribution in [0.15, 0.2) is 17.2 Å². The fourth-order valence-corrected chi connectivity index (χ4v) is 3.43. The van der Waals surface area contributed by atoms with E-state index in [9.17, 15) is 43.5 Å². The monoisotopic (exact) mass is 436 g/mol. The van der Waals surface area contributed by atoms with Gasteiger partial charge in [-0.2, -0.15) is 13.2 Å². The maximum atomic E-state index is 13.0. The molecule has 1 aliphatic rings. The molecule has 1 aliphatic heterocycles. The lowest BCUT2D eigenvalue weighted by Gasteiger charge is -2.39. The number of anilines is 1. The summed E-state index contributed by atoms with van der Waals surface area (Å²) < 4.78 is 39.0. The molecule has 29 heavy (non-hydrogen) atoms. The largest absolute Gasteiger partial charge is 0.416 e. The topological polar surface area (TPSA) is 136 Å². The van der Waals surface area contributed by atoms with E-state index >= 15 is 0 Å². The zero-order chi connectivity index (χ0) is 21.9. The highest BCUT2D eigenvalue weighted by atomic mass is 32.2. The Morgan fingerprint density at radius 2 is 1.52 bits per heavy atom. The molecule has 0 aliphatic carbocycles. The van der Waals surface area contributed by atoms with Crippen LogP contribution in [0.5, 0.6) is 0 Å². The molecule has 0 N–H and O–H groups in total. The Balaban J connectivity index is 2.44. The molecule has 0 saturated carbocycles. The highest BCUT2D eigenvalue weighted by molar-refractivity contribution is 8.02. The molecule has 1 saturated heterocycles. The lowest BCUT2D eigenvalue weighted by Crippen LogP contribution is -2.46. The fraction of sp³-hybridized carbons (Fsp3) is 0.429. The van der Waals surface area contributed by atoms with E-state index in [-0.39, 0.29) is 43.3 Å². The fourth-order valence-electron chi connectivity index (χ4n) is 2.83. The number of rotatable bonds is 6. The van der Waals surface area contributed by atoms with Crippen molar-refractivity contribution in [2.24, 2.45) is 0 Å². The van der Waals surface area contributed by atoms with Crippen LogP contribution < -0.4 is 4.90 Å². The summed E-state index contributed by atoms with van der Waals surface area (Å²) in [5, 5.41) is 33.5. The molecule has 0 aromatic heterocycles.